The van der Waals surface area contributed by atoms with Crippen LogP contribution in [0, 0.1) is 0 Å². The van der Waals surface area contributed by atoms with Gasteiger partial charge in [-0.25, -0.2) is 0 Å². The van der Waals surface area contributed by atoms with Crippen molar-refractivity contribution in [2.24, 2.45) is 0 Å². The summed E-state index contributed by atoms with van der Waals surface area (Å²) >= 11 is 0. The van der Waals surface area contributed by atoms with Crippen molar-refractivity contribution in [3.05, 3.63) is 188 Å². The molecule has 9 aromatic carbocycles. The lowest BCUT2D eigenvalue weighted by molar-refractivity contribution is 0.669. The van der Waals surface area contributed by atoms with Gasteiger partial charge in [0.05, 0.1) is 0 Å². The van der Waals surface area contributed by atoms with Gasteiger partial charge in [-0.05, 0) is 87.4 Å². The molecule has 2 aromatic heterocycles. The molecular weight excluding hydrogens is 647 g/mol. The van der Waals surface area contributed by atoms with Gasteiger partial charge in [-0.3, -0.25) is 0 Å². The van der Waals surface area contributed by atoms with Crippen molar-refractivity contribution in [3.8, 4) is 22.3 Å². The van der Waals surface area contributed by atoms with Gasteiger partial charge < -0.3 is 13.7 Å². The highest BCUT2D eigenvalue weighted by Gasteiger charge is 2.22. The first-order valence-corrected chi connectivity index (χ1v) is 18.0. The number of furan rings is 2. The molecule has 0 spiro atoms. The number of fused-ring (bicyclic) bond motifs is 11. The van der Waals surface area contributed by atoms with Gasteiger partial charge in [-0.1, -0.05) is 133 Å². The number of hydrogen-bond donors (Lipinski definition) is 0. The van der Waals surface area contributed by atoms with Crippen LogP contribution in [-0.4, -0.2) is 0 Å². The molecule has 0 unspecified atom stereocenters. The zero-order valence-electron chi connectivity index (χ0n) is 28.7. The maximum atomic E-state index is 6.99. The van der Waals surface area contributed by atoms with Gasteiger partial charge in [0.1, 0.15) is 22.3 Å². The largest absolute Gasteiger partial charge is 0.456 e. The highest BCUT2D eigenvalue weighted by Crippen LogP contribution is 2.47. The Morgan fingerprint density at radius 3 is 1.66 bits per heavy atom. The molecule has 0 amide bonds. The van der Waals surface area contributed by atoms with Crippen LogP contribution in [-0.2, 0) is 0 Å². The van der Waals surface area contributed by atoms with E-state index in [1.165, 1.54) is 16.2 Å². The first-order valence-electron chi connectivity index (χ1n) is 18.0. The lowest BCUT2D eigenvalue weighted by atomic mass is 9.95. The summed E-state index contributed by atoms with van der Waals surface area (Å²) in [5.41, 5.74) is 11.2. The molecule has 0 aliphatic carbocycles. The van der Waals surface area contributed by atoms with Crippen molar-refractivity contribution in [1.82, 2.24) is 0 Å². The average Bonchev–Trinajstić information content (AvgIpc) is 3.81. The maximum absolute atomic E-state index is 6.99. The van der Waals surface area contributed by atoms with E-state index in [1.807, 2.05) is 12.1 Å². The summed E-state index contributed by atoms with van der Waals surface area (Å²) in [6.45, 7) is 0. The molecule has 3 nitrogen and oxygen atoms in total. The van der Waals surface area contributed by atoms with E-state index in [0.29, 0.717) is 0 Å². The second-order valence-corrected chi connectivity index (χ2v) is 13.7. The highest BCUT2D eigenvalue weighted by atomic mass is 16.3. The van der Waals surface area contributed by atoms with Gasteiger partial charge in [0.25, 0.3) is 0 Å². The van der Waals surface area contributed by atoms with Gasteiger partial charge in [-0.15, -0.1) is 0 Å². The predicted octanol–water partition coefficient (Wildman–Crippen LogP) is 14.6. The standard InChI is InChI=1S/C50H31NO2/c1-3-13-33(14-4-1)44-30-37(31-45-48-42-20-9-7-17-38(42)39-18-8-10-21-43(39)50(48)53-49(44)45)51(35-15-5-2-6-16-35)36-26-23-32(24-27-36)34-25-28-41-40-19-11-12-22-46(40)52-47(41)29-34/h1-31H. The third-order valence-corrected chi connectivity index (χ3v) is 10.6. The molecule has 0 aliphatic heterocycles. The summed E-state index contributed by atoms with van der Waals surface area (Å²) in [5.74, 6) is 0. The minimum Gasteiger partial charge on any atom is -0.456 e. The molecule has 0 aliphatic rings. The fourth-order valence-electron chi connectivity index (χ4n) is 8.19. The highest BCUT2D eigenvalue weighted by molar-refractivity contribution is 6.31. The van der Waals surface area contributed by atoms with Crippen molar-refractivity contribution in [3.63, 3.8) is 0 Å². The number of para-hydroxylation sites is 2. The van der Waals surface area contributed by atoms with E-state index in [4.69, 9.17) is 8.83 Å². The molecular formula is C50H31NO2. The fourth-order valence-corrected chi connectivity index (χ4v) is 8.19. The molecule has 53 heavy (non-hydrogen) atoms. The minimum atomic E-state index is 0.890. The number of benzene rings is 9. The van der Waals surface area contributed by atoms with Gasteiger partial charge in [0.15, 0.2) is 0 Å². The van der Waals surface area contributed by atoms with Crippen LogP contribution in [0.5, 0.6) is 0 Å². The summed E-state index contributed by atoms with van der Waals surface area (Å²) in [7, 11) is 0. The van der Waals surface area contributed by atoms with E-state index >= 15 is 0 Å². The fraction of sp³-hybridized carbons (Fsp3) is 0. The molecule has 11 aromatic rings. The lowest BCUT2D eigenvalue weighted by Gasteiger charge is -2.26. The lowest BCUT2D eigenvalue weighted by Crippen LogP contribution is -2.10. The molecule has 0 radical (unpaired) electrons. The minimum absolute atomic E-state index is 0.890. The van der Waals surface area contributed by atoms with Gasteiger partial charge >= 0.3 is 0 Å². The molecule has 0 N–H and O–H groups in total. The Morgan fingerprint density at radius 2 is 0.887 bits per heavy atom. The predicted molar refractivity (Wildman–Crippen MR) is 222 cm³/mol. The van der Waals surface area contributed by atoms with Crippen molar-refractivity contribution in [2.75, 3.05) is 4.90 Å². The summed E-state index contributed by atoms with van der Waals surface area (Å²) in [4.78, 5) is 2.35. The summed E-state index contributed by atoms with van der Waals surface area (Å²) in [5, 5.41) is 9.23. The molecule has 2 heterocycles. The maximum Gasteiger partial charge on any atom is 0.143 e. The first kappa shape index (κ1) is 29.6. The normalized spacial score (nSPS) is 11.8. The second-order valence-electron chi connectivity index (χ2n) is 13.7. The van der Waals surface area contributed by atoms with Crippen molar-refractivity contribution in [2.45, 2.75) is 0 Å². The Morgan fingerprint density at radius 1 is 0.302 bits per heavy atom. The molecule has 3 heteroatoms. The van der Waals surface area contributed by atoms with E-state index < -0.39 is 0 Å². The zero-order chi connectivity index (χ0) is 34.9. The molecule has 11 rings (SSSR count). The Hall–Kier alpha value is -7.10. The third kappa shape index (κ3) is 4.68. The SMILES string of the molecule is c1ccc(-c2cc(N(c3ccccc3)c3ccc(-c4ccc5c(c4)oc4ccccc45)cc3)cc3c2oc2c4ccccc4c4ccccc4c32)cc1. The molecule has 0 saturated carbocycles. The molecule has 0 saturated heterocycles. The van der Waals surface area contributed by atoms with Crippen LogP contribution in [0.25, 0.3) is 87.7 Å². The van der Waals surface area contributed by atoms with Crippen LogP contribution in [0.4, 0.5) is 17.1 Å². The average molecular weight is 678 g/mol. The van der Waals surface area contributed by atoms with Crippen LogP contribution in [0.2, 0.25) is 0 Å². The summed E-state index contributed by atoms with van der Waals surface area (Å²) in [6.07, 6.45) is 0. The van der Waals surface area contributed by atoms with Crippen molar-refractivity contribution < 1.29 is 8.83 Å². The van der Waals surface area contributed by atoms with E-state index in [0.717, 1.165) is 88.6 Å². The van der Waals surface area contributed by atoms with Crippen LogP contribution in [0.1, 0.15) is 0 Å². The number of rotatable bonds is 5. The zero-order valence-corrected chi connectivity index (χ0v) is 28.7. The molecule has 248 valence electrons. The Kier molecular flexibility index (Phi) is 6.55. The van der Waals surface area contributed by atoms with E-state index in [2.05, 4.69) is 181 Å². The quantitative estimate of drug-likeness (QED) is 0.170. The van der Waals surface area contributed by atoms with Gasteiger partial charge in [0.2, 0.25) is 0 Å². The summed E-state index contributed by atoms with van der Waals surface area (Å²) in [6, 6.07) is 66.7. The van der Waals surface area contributed by atoms with Crippen molar-refractivity contribution >= 4 is 82.5 Å². The smallest absolute Gasteiger partial charge is 0.143 e. The summed E-state index contributed by atoms with van der Waals surface area (Å²) < 4.78 is 13.2. The van der Waals surface area contributed by atoms with Crippen LogP contribution in [0.15, 0.2) is 197 Å². The Balaban J connectivity index is 1.14. The Bertz CT molecular complexity index is 3160. The first-order chi connectivity index (χ1) is 26.3. The van der Waals surface area contributed by atoms with Gasteiger partial charge in [-0.2, -0.15) is 0 Å². The number of anilines is 3. The van der Waals surface area contributed by atoms with E-state index in [-0.39, 0.29) is 0 Å². The second kappa shape index (κ2) is 11.7. The number of hydrogen-bond acceptors (Lipinski definition) is 3. The van der Waals surface area contributed by atoms with Gasteiger partial charge in [0, 0.05) is 49.6 Å². The number of nitrogens with zero attached hydrogens (tertiary/aromatic N) is 1. The molecule has 0 fully saturated rings. The molecule has 0 bridgehead atoms. The van der Waals surface area contributed by atoms with Crippen LogP contribution < -0.4 is 4.90 Å². The van der Waals surface area contributed by atoms with Crippen LogP contribution >= 0.6 is 0 Å². The van der Waals surface area contributed by atoms with Crippen LogP contribution in [0.3, 0.4) is 0 Å². The Labute approximate surface area is 305 Å². The van der Waals surface area contributed by atoms with E-state index in [9.17, 15) is 0 Å². The third-order valence-electron chi connectivity index (χ3n) is 10.6. The monoisotopic (exact) mass is 677 g/mol. The van der Waals surface area contributed by atoms with E-state index in [1.54, 1.807) is 0 Å². The topological polar surface area (TPSA) is 29.5 Å². The van der Waals surface area contributed by atoms with Crippen molar-refractivity contribution in [1.29, 1.82) is 0 Å². The molecule has 0 atom stereocenters.